The van der Waals surface area contributed by atoms with Crippen LogP contribution in [0.15, 0.2) is 53.4 Å². The van der Waals surface area contributed by atoms with Crippen LogP contribution in [0.2, 0.25) is 0 Å². The Kier molecular flexibility index (Phi) is 7.84. The maximum atomic E-state index is 13.4. The number of ketones is 1. The van der Waals surface area contributed by atoms with Crippen molar-refractivity contribution in [3.63, 3.8) is 0 Å². The van der Waals surface area contributed by atoms with E-state index in [0.29, 0.717) is 60.5 Å². The van der Waals surface area contributed by atoms with Crippen molar-refractivity contribution >= 4 is 34.5 Å². The summed E-state index contributed by atoms with van der Waals surface area (Å²) in [4.78, 5) is 42.6. The first-order chi connectivity index (χ1) is 21.1. The summed E-state index contributed by atoms with van der Waals surface area (Å²) in [7, 11) is 0. The topological polar surface area (TPSA) is 124 Å². The summed E-state index contributed by atoms with van der Waals surface area (Å²) in [6.45, 7) is 7.54. The monoisotopic (exact) mass is 599 g/mol. The maximum absolute atomic E-state index is 13.4. The molecule has 2 aromatic carbocycles. The Balaban J connectivity index is 1.56. The quantitative estimate of drug-likeness (QED) is 0.249. The van der Waals surface area contributed by atoms with Crippen LogP contribution in [0.25, 0.3) is 16.5 Å². The lowest BCUT2D eigenvalue weighted by molar-refractivity contribution is -0.141. The highest BCUT2D eigenvalue weighted by Crippen LogP contribution is 2.54. The van der Waals surface area contributed by atoms with Crippen LogP contribution in [0.4, 0.5) is 0 Å². The smallest absolute Gasteiger partial charge is 0.375 e. The van der Waals surface area contributed by atoms with Gasteiger partial charge in [-0.2, -0.15) is 0 Å². The van der Waals surface area contributed by atoms with Crippen molar-refractivity contribution in [2.45, 2.75) is 77.4 Å². The molecule has 0 bridgehead atoms. The van der Waals surface area contributed by atoms with E-state index < -0.39 is 23.6 Å². The Morgan fingerprint density at radius 3 is 2.68 bits per heavy atom. The predicted molar refractivity (Wildman–Crippen MR) is 164 cm³/mol. The van der Waals surface area contributed by atoms with Gasteiger partial charge < -0.3 is 29.0 Å². The van der Waals surface area contributed by atoms with Gasteiger partial charge in [-0.3, -0.25) is 9.59 Å². The van der Waals surface area contributed by atoms with Gasteiger partial charge in [0.25, 0.3) is 0 Å². The zero-order chi connectivity index (χ0) is 31.2. The van der Waals surface area contributed by atoms with E-state index in [1.807, 2.05) is 37.4 Å². The first-order valence-electron chi connectivity index (χ1n) is 15.2. The highest BCUT2D eigenvalue weighted by atomic mass is 16.6. The van der Waals surface area contributed by atoms with Crippen LogP contribution in [0.3, 0.4) is 0 Å². The Morgan fingerprint density at radius 1 is 1.14 bits per heavy atom. The minimum Gasteiger partial charge on any atom is -0.492 e. The summed E-state index contributed by atoms with van der Waals surface area (Å²) in [5, 5.41) is 11.8. The Morgan fingerprint density at radius 2 is 1.95 bits per heavy atom. The summed E-state index contributed by atoms with van der Waals surface area (Å²) in [5.74, 6) is 0.0111. The molecular weight excluding hydrogens is 562 g/mol. The van der Waals surface area contributed by atoms with Gasteiger partial charge in [-0.25, -0.2) is 4.79 Å². The number of benzene rings is 2. The van der Waals surface area contributed by atoms with E-state index in [1.54, 1.807) is 26.8 Å². The molecule has 0 unspecified atom stereocenters. The van der Waals surface area contributed by atoms with Crippen molar-refractivity contribution in [1.82, 2.24) is 4.98 Å². The Bertz CT molecular complexity index is 1720. The van der Waals surface area contributed by atoms with Crippen LogP contribution >= 0.6 is 0 Å². The van der Waals surface area contributed by atoms with Gasteiger partial charge in [-0.1, -0.05) is 18.6 Å². The summed E-state index contributed by atoms with van der Waals surface area (Å²) >= 11 is 0. The second-order valence-corrected chi connectivity index (χ2v) is 12.1. The molecule has 3 aliphatic rings. The first-order valence-corrected chi connectivity index (χ1v) is 15.2. The van der Waals surface area contributed by atoms with Gasteiger partial charge in [0.05, 0.1) is 30.0 Å². The van der Waals surface area contributed by atoms with Crippen molar-refractivity contribution in [3.8, 4) is 17.2 Å². The molecular formula is C35H37NO8. The van der Waals surface area contributed by atoms with E-state index >= 15 is 0 Å². The fourth-order valence-corrected chi connectivity index (χ4v) is 6.38. The van der Waals surface area contributed by atoms with E-state index in [2.05, 4.69) is 4.98 Å². The normalized spacial score (nSPS) is 21.4. The third kappa shape index (κ3) is 5.19. The van der Waals surface area contributed by atoms with Crippen LogP contribution in [0.1, 0.15) is 76.0 Å². The SMILES string of the molecule is CCCOc1c2c(cc3c1C(=C1CCC(=O)[C@H](c4ccc5[nH]ccc5c4)C1)C(C=O)=C(C(=O)OCC)O3)O[C@H](C(C)(C)O)C2. The van der Waals surface area contributed by atoms with Crippen LogP contribution < -0.4 is 14.2 Å². The number of nitrogens with one attached hydrogen (secondary N) is 1. The number of aromatic nitrogens is 1. The van der Waals surface area contributed by atoms with E-state index in [-0.39, 0.29) is 30.1 Å². The second kappa shape index (κ2) is 11.6. The molecule has 1 aromatic heterocycles. The van der Waals surface area contributed by atoms with Crippen LogP contribution in [-0.4, -0.2) is 53.0 Å². The van der Waals surface area contributed by atoms with Crippen molar-refractivity contribution in [3.05, 3.63) is 70.1 Å². The zero-order valence-electron chi connectivity index (χ0n) is 25.5. The summed E-state index contributed by atoms with van der Waals surface area (Å²) < 4.78 is 24.0. The number of ether oxygens (including phenoxy) is 4. The molecule has 0 spiro atoms. The number of rotatable bonds is 8. The van der Waals surface area contributed by atoms with Gasteiger partial charge in [-0.05, 0) is 69.2 Å². The van der Waals surface area contributed by atoms with E-state index in [1.165, 1.54) is 0 Å². The zero-order valence-corrected chi connectivity index (χ0v) is 25.5. The molecule has 3 aromatic rings. The molecule has 0 amide bonds. The van der Waals surface area contributed by atoms with Crippen molar-refractivity contribution in [2.75, 3.05) is 13.2 Å². The molecule has 1 fully saturated rings. The highest BCUT2D eigenvalue weighted by Gasteiger charge is 2.42. The number of fused-ring (bicyclic) bond motifs is 3. The van der Waals surface area contributed by atoms with Gasteiger partial charge in [0, 0.05) is 47.7 Å². The summed E-state index contributed by atoms with van der Waals surface area (Å²) in [6.07, 6.45) is 4.13. The summed E-state index contributed by atoms with van der Waals surface area (Å²) in [6, 6.07) is 9.63. The van der Waals surface area contributed by atoms with E-state index in [4.69, 9.17) is 18.9 Å². The first kappa shape index (κ1) is 29.7. The number of aromatic amines is 1. The van der Waals surface area contributed by atoms with Gasteiger partial charge in [0.15, 0.2) is 6.29 Å². The number of hydrogen-bond acceptors (Lipinski definition) is 8. The maximum Gasteiger partial charge on any atom is 0.375 e. The number of aldehydes is 1. The lowest BCUT2D eigenvalue weighted by atomic mass is 9.75. The van der Waals surface area contributed by atoms with Crippen molar-refractivity contribution < 1.29 is 38.4 Å². The fraction of sp³-hybridized carbons (Fsp3) is 0.400. The molecule has 0 radical (unpaired) electrons. The number of allylic oxidation sites excluding steroid dienone is 3. The van der Waals surface area contributed by atoms with Crippen LogP contribution in [0.5, 0.6) is 17.2 Å². The molecule has 44 heavy (non-hydrogen) atoms. The lowest BCUT2D eigenvalue weighted by Crippen LogP contribution is -2.39. The number of aliphatic hydroxyl groups is 1. The van der Waals surface area contributed by atoms with Crippen molar-refractivity contribution in [2.24, 2.45) is 0 Å². The third-order valence-electron chi connectivity index (χ3n) is 8.60. The molecule has 230 valence electrons. The minimum atomic E-state index is -1.14. The molecule has 2 atom stereocenters. The van der Waals surface area contributed by atoms with Gasteiger partial charge >= 0.3 is 5.97 Å². The molecule has 6 rings (SSSR count). The fourth-order valence-electron chi connectivity index (χ4n) is 6.38. The predicted octanol–water partition coefficient (Wildman–Crippen LogP) is 5.73. The Labute approximate surface area is 255 Å². The largest absolute Gasteiger partial charge is 0.492 e. The average Bonchev–Trinajstić information content (AvgIpc) is 3.66. The van der Waals surface area contributed by atoms with Gasteiger partial charge in [0.2, 0.25) is 5.76 Å². The number of carbonyl (C=O) groups is 3. The van der Waals surface area contributed by atoms with E-state index in [0.717, 1.165) is 34.0 Å². The standard InChI is InChI=1S/C35H37NO8/c1-5-13-42-32-23-16-29(35(3,4)40)43-27(23)17-28-31(32)30(24(18-37)33(44-28)34(39)41-6-2)21-8-10-26(38)22(15-21)19-7-9-25-20(14-19)11-12-36-25/h7,9,11-12,14,17-18,22,29,36,40H,5-6,8,10,13,15-16H2,1-4H3/t22-,29-/m0/s1. The average molecular weight is 600 g/mol. The third-order valence-corrected chi connectivity index (χ3v) is 8.60. The van der Waals surface area contributed by atoms with E-state index in [9.17, 15) is 19.5 Å². The number of hydrogen-bond donors (Lipinski definition) is 2. The molecule has 2 aliphatic heterocycles. The van der Waals surface area contributed by atoms with Crippen molar-refractivity contribution in [1.29, 1.82) is 0 Å². The number of carbonyl (C=O) groups excluding carboxylic acids is 3. The number of esters is 1. The molecule has 1 aliphatic carbocycles. The molecule has 3 heterocycles. The summed E-state index contributed by atoms with van der Waals surface area (Å²) in [5.41, 5.74) is 3.52. The lowest BCUT2D eigenvalue weighted by Gasteiger charge is -2.31. The molecule has 9 nitrogen and oxygen atoms in total. The second-order valence-electron chi connectivity index (χ2n) is 12.1. The highest BCUT2D eigenvalue weighted by molar-refractivity contribution is 6.10. The Hall–Kier alpha value is -4.37. The molecule has 1 saturated carbocycles. The van der Waals surface area contributed by atoms with Gasteiger partial charge in [-0.15, -0.1) is 0 Å². The number of H-pyrrole nitrogens is 1. The van der Waals surface area contributed by atoms with Gasteiger partial charge in [0.1, 0.15) is 29.1 Å². The minimum absolute atomic E-state index is 0.0689. The van der Waals surface area contributed by atoms with Crippen LogP contribution in [-0.2, 0) is 25.5 Å². The molecule has 9 heteroatoms. The van der Waals surface area contributed by atoms with Crippen LogP contribution in [0, 0.1) is 0 Å². The molecule has 2 N–H and O–H groups in total. The number of Topliss-reactive ketones (excluding diaryl/α,β-unsaturated/α-hetero) is 1. The molecule has 0 saturated heterocycles.